The predicted molar refractivity (Wildman–Crippen MR) is 95.2 cm³/mol. The van der Waals surface area contributed by atoms with E-state index in [-0.39, 0.29) is 11.8 Å². The van der Waals surface area contributed by atoms with Crippen LogP contribution in [0.1, 0.15) is 38.3 Å². The van der Waals surface area contributed by atoms with Gasteiger partial charge < -0.3 is 14.5 Å². The molecule has 0 bridgehead atoms. The molecule has 0 saturated carbocycles. The zero-order valence-corrected chi connectivity index (χ0v) is 15.0. The van der Waals surface area contributed by atoms with Crippen molar-refractivity contribution in [2.75, 3.05) is 37.7 Å². The van der Waals surface area contributed by atoms with Gasteiger partial charge in [0.1, 0.15) is 0 Å². The van der Waals surface area contributed by atoms with Gasteiger partial charge in [-0.05, 0) is 24.0 Å². The third-order valence-corrected chi connectivity index (χ3v) is 4.53. The molecule has 0 aromatic heterocycles. The fourth-order valence-electron chi connectivity index (χ4n) is 3.17. The molecule has 0 N–H and O–H groups in total. The van der Waals surface area contributed by atoms with Crippen molar-refractivity contribution in [3.05, 3.63) is 29.3 Å². The van der Waals surface area contributed by atoms with Crippen molar-refractivity contribution in [3.8, 4) is 0 Å². The topological polar surface area (TPSA) is 49.9 Å². The van der Waals surface area contributed by atoms with Gasteiger partial charge in [-0.1, -0.05) is 32.0 Å². The number of para-hydroxylation sites is 1. The van der Waals surface area contributed by atoms with Crippen LogP contribution in [0.2, 0.25) is 0 Å². The standard InChI is InChI=1S/C19H28N2O3/c1-4-16-7-6-8-17(5-2)19(16)21(15(3)22)10-9-18(23)20-11-13-24-14-12-20/h6-8H,4-5,9-14H2,1-3H3. The minimum absolute atomic E-state index is 0.0135. The van der Waals surface area contributed by atoms with E-state index in [2.05, 4.69) is 26.0 Å². The zero-order chi connectivity index (χ0) is 17.5. The normalized spacial score (nSPS) is 14.5. The molecule has 0 unspecified atom stereocenters. The Hall–Kier alpha value is -1.88. The second kappa shape index (κ2) is 8.83. The maximum atomic E-state index is 12.4. The number of rotatable bonds is 6. The molecule has 5 heteroatoms. The van der Waals surface area contributed by atoms with Gasteiger partial charge in [-0.25, -0.2) is 0 Å². The first-order chi connectivity index (χ1) is 11.6. The summed E-state index contributed by atoms with van der Waals surface area (Å²) in [5.41, 5.74) is 3.30. The summed E-state index contributed by atoms with van der Waals surface area (Å²) in [7, 11) is 0. The molecule has 1 fully saturated rings. The molecule has 1 aliphatic rings. The Morgan fingerprint density at radius 2 is 1.71 bits per heavy atom. The molecule has 0 atom stereocenters. The van der Waals surface area contributed by atoms with Crippen LogP contribution in [0.5, 0.6) is 0 Å². The average Bonchev–Trinajstić information content (AvgIpc) is 2.62. The number of hydrogen-bond acceptors (Lipinski definition) is 3. The Kier molecular flexibility index (Phi) is 6.79. The van der Waals surface area contributed by atoms with E-state index in [0.29, 0.717) is 39.3 Å². The molecule has 1 aromatic rings. The van der Waals surface area contributed by atoms with Crippen molar-refractivity contribution < 1.29 is 14.3 Å². The lowest BCUT2D eigenvalue weighted by atomic mass is 10.0. The fraction of sp³-hybridized carbons (Fsp3) is 0.579. The first-order valence-electron chi connectivity index (χ1n) is 8.82. The molecule has 1 heterocycles. The van der Waals surface area contributed by atoms with Crippen LogP contribution in [0.25, 0.3) is 0 Å². The van der Waals surface area contributed by atoms with Crippen LogP contribution >= 0.6 is 0 Å². The Labute approximate surface area is 144 Å². The number of nitrogens with zero attached hydrogens (tertiary/aromatic N) is 2. The summed E-state index contributed by atoms with van der Waals surface area (Å²) >= 11 is 0. The van der Waals surface area contributed by atoms with Gasteiger partial charge in [0.25, 0.3) is 0 Å². The molecule has 5 nitrogen and oxygen atoms in total. The van der Waals surface area contributed by atoms with Crippen LogP contribution < -0.4 is 4.90 Å². The zero-order valence-electron chi connectivity index (χ0n) is 15.0. The van der Waals surface area contributed by atoms with Gasteiger partial charge in [0, 0.05) is 38.7 Å². The molecular formula is C19H28N2O3. The van der Waals surface area contributed by atoms with Crippen molar-refractivity contribution in [1.82, 2.24) is 4.90 Å². The van der Waals surface area contributed by atoms with Crippen LogP contribution in [0.4, 0.5) is 5.69 Å². The molecule has 1 aliphatic heterocycles. The van der Waals surface area contributed by atoms with Crippen molar-refractivity contribution in [3.63, 3.8) is 0 Å². The highest BCUT2D eigenvalue weighted by Gasteiger charge is 2.22. The Morgan fingerprint density at radius 1 is 1.12 bits per heavy atom. The molecule has 0 spiro atoms. The van der Waals surface area contributed by atoms with Crippen LogP contribution in [-0.2, 0) is 27.2 Å². The molecule has 1 aromatic carbocycles. The molecule has 132 valence electrons. The minimum Gasteiger partial charge on any atom is -0.378 e. The van der Waals surface area contributed by atoms with E-state index in [1.54, 1.807) is 11.8 Å². The first kappa shape index (κ1) is 18.5. The number of ether oxygens (including phenoxy) is 1. The summed E-state index contributed by atoms with van der Waals surface area (Å²) in [5, 5.41) is 0. The lowest BCUT2D eigenvalue weighted by Crippen LogP contribution is -2.42. The molecule has 2 amide bonds. The van der Waals surface area contributed by atoms with Gasteiger partial charge in [0.15, 0.2) is 0 Å². The summed E-state index contributed by atoms with van der Waals surface area (Å²) in [6.45, 7) is 8.67. The Bertz CT molecular complexity index is 558. The average molecular weight is 332 g/mol. The van der Waals surface area contributed by atoms with E-state index in [0.717, 1.165) is 29.7 Å². The highest BCUT2D eigenvalue weighted by molar-refractivity contribution is 5.94. The Morgan fingerprint density at radius 3 is 2.21 bits per heavy atom. The van der Waals surface area contributed by atoms with Gasteiger partial charge in [-0.3, -0.25) is 9.59 Å². The third-order valence-electron chi connectivity index (χ3n) is 4.53. The lowest BCUT2D eigenvalue weighted by molar-refractivity contribution is -0.135. The predicted octanol–water partition coefficient (Wildman–Crippen LogP) is 2.41. The van der Waals surface area contributed by atoms with Gasteiger partial charge in [-0.15, -0.1) is 0 Å². The van der Waals surface area contributed by atoms with Gasteiger partial charge in [-0.2, -0.15) is 0 Å². The summed E-state index contributed by atoms with van der Waals surface area (Å²) in [5.74, 6) is 0.0805. The minimum atomic E-state index is -0.0135. The van der Waals surface area contributed by atoms with Crippen molar-refractivity contribution in [2.24, 2.45) is 0 Å². The molecule has 0 radical (unpaired) electrons. The van der Waals surface area contributed by atoms with E-state index >= 15 is 0 Å². The highest BCUT2D eigenvalue weighted by atomic mass is 16.5. The number of aryl methyl sites for hydroxylation is 2. The highest BCUT2D eigenvalue weighted by Crippen LogP contribution is 2.27. The SMILES string of the molecule is CCc1cccc(CC)c1N(CCC(=O)N1CCOCC1)C(C)=O. The summed E-state index contributed by atoms with van der Waals surface area (Å²) in [4.78, 5) is 28.2. The second-order valence-corrected chi connectivity index (χ2v) is 6.05. The first-order valence-corrected chi connectivity index (χ1v) is 8.82. The largest absolute Gasteiger partial charge is 0.378 e. The van der Waals surface area contributed by atoms with E-state index in [1.807, 2.05) is 11.0 Å². The van der Waals surface area contributed by atoms with Crippen molar-refractivity contribution in [1.29, 1.82) is 0 Å². The molecule has 2 rings (SSSR count). The summed E-state index contributed by atoms with van der Waals surface area (Å²) < 4.78 is 5.29. The summed E-state index contributed by atoms with van der Waals surface area (Å²) in [6, 6.07) is 6.17. The quantitative estimate of drug-likeness (QED) is 0.804. The van der Waals surface area contributed by atoms with E-state index in [4.69, 9.17) is 4.74 Å². The molecule has 0 aliphatic carbocycles. The third kappa shape index (κ3) is 4.35. The number of amides is 2. The van der Waals surface area contributed by atoms with Gasteiger partial charge in [0.05, 0.1) is 13.2 Å². The van der Waals surface area contributed by atoms with Gasteiger partial charge in [0.2, 0.25) is 11.8 Å². The molecule has 1 saturated heterocycles. The van der Waals surface area contributed by atoms with E-state index in [9.17, 15) is 9.59 Å². The van der Waals surface area contributed by atoms with E-state index in [1.165, 1.54) is 0 Å². The number of morpholine rings is 1. The monoisotopic (exact) mass is 332 g/mol. The fourth-order valence-corrected chi connectivity index (χ4v) is 3.17. The summed E-state index contributed by atoms with van der Waals surface area (Å²) in [6.07, 6.45) is 2.08. The van der Waals surface area contributed by atoms with Crippen molar-refractivity contribution >= 4 is 17.5 Å². The Balaban J connectivity index is 2.15. The lowest BCUT2D eigenvalue weighted by Gasteiger charge is -2.29. The number of benzene rings is 1. The number of carbonyl (C=O) groups excluding carboxylic acids is 2. The maximum absolute atomic E-state index is 12.4. The van der Waals surface area contributed by atoms with Crippen LogP contribution in [0.3, 0.4) is 0 Å². The number of hydrogen-bond donors (Lipinski definition) is 0. The second-order valence-electron chi connectivity index (χ2n) is 6.05. The van der Waals surface area contributed by atoms with E-state index < -0.39 is 0 Å². The smallest absolute Gasteiger partial charge is 0.224 e. The van der Waals surface area contributed by atoms with Crippen LogP contribution in [0, 0.1) is 0 Å². The van der Waals surface area contributed by atoms with Crippen molar-refractivity contribution in [2.45, 2.75) is 40.0 Å². The maximum Gasteiger partial charge on any atom is 0.224 e. The van der Waals surface area contributed by atoms with Crippen LogP contribution in [-0.4, -0.2) is 49.6 Å². The molecule has 24 heavy (non-hydrogen) atoms. The molecular weight excluding hydrogens is 304 g/mol. The number of carbonyl (C=O) groups is 2. The van der Waals surface area contributed by atoms with Crippen LogP contribution in [0.15, 0.2) is 18.2 Å². The number of anilines is 1. The van der Waals surface area contributed by atoms with Gasteiger partial charge >= 0.3 is 0 Å².